The molecule has 0 aliphatic carbocycles. The number of hydrogen-bond donors (Lipinski definition) is 20. The van der Waals surface area contributed by atoms with E-state index in [0.29, 0.717) is 0 Å². The summed E-state index contributed by atoms with van der Waals surface area (Å²) in [7, 11) is 0. The second-order valence-corrected chi connectivity index (χ2v) is 16.8. The summed E-state index contributed by atoms with van der Waals surface area (Å²) in [5.41, 5.74) is 0. The lowest BCUT2D eigenvalue weighted by molar-refractivity contribution is -0.389. The average Bonchev–Trinajstić information content (AvgIpc) is 3.32. The summed E-state index contributed by atoms with van der Waals surface area (Å²) in [4.78, 5) is 0. The van der Waals surface area contributed by atoms with E-state index >= 15 is 0 Å². The van der Waals surface area contributed by atoms with Crippen LogP contribution in [0.4, 0.5) is 0 Å². The topological polar surface area (TPSA) is 506 Å². The van der Waals surface area contributed by atoms with Crippen molar-refractivity contribution in [1.29, 1.82) is 0 Å². The van der Waals surface area contributed by atoms with Gasteiger partial charge in [0.25, 0.3) is 0 Å². The van der Waals surface area contributed by atoms with Gasteiger partial charge in [0.05, 0.1) is 39.6 Å². The minimum Gasteiger partial charge on any atom is -0.394 e. The molecule has 30 atom stereocenters. The molecule has 20 N–H and O–H groups in total. The number of aliphatic hydroxyl groups excluding tert-OH is 20. The van der Waals surface area contributed by atoms with Gasteiger partial charge in [0.15, 0.2) is 37.7 Å². The van der Waals surface area contributed by atoms with Crippen molar-refractivity contribution in [2.45, 2.75) is 184 Å². The van der Waals surface area contributed by atoms with E-state index in [-0.39, 0.29) is 0 Å². The highest BCUT2D eigenvalue weighted by molar-refractivity contribution is 4.99. The second-order valence-electron chi connectivity index (χ2n) is 16.8. The van der Waals surface area contributed by atoms with E-state index in [1.54, 1.807) is 0 Å². The monoisotopic (exact) mass is 990 g/mol. The summed E-state index contributed by atoms with van der Waals surface area (Å²) in [6.45, 7) is -5.57. The predicted molar refractivity (Wildman–Crippen MR) is 199 cm³/mol. The molecule has 0 aromatic rings. The maximum absolute atomic E-state index is 11.4. The Labute approximate surface area is 378 Å². The molecule has 6 aliphatic heterocycles. The van der Waals surface area contributed by atoms with Crippen molar-refractivity contribution < 1.29 is 154 Å². The third kappa shape index (κ3) is 11.4. The van der Waals surface area contributed by atoms with E-state index < -0.39 is 224 Å². The molecule has 6 rings (SSSR count). The fourth-order valence-electron chi connectivity index (χ4n) is 8.42. The van der Waals surface area contributed by atoms with Gasteiger partial charge in [0.1, 0.15) is 146 Å². The van der Waals surface area contributed by atoms with E-state index in [4.69, 9.17) is 52.1 Å². The van der Waals surface area contributed by atoms with Crippen molar-refractivity contribution >= 4 is 0 Å². The molecule has 31 heteroatoms. The van der Waals surface area contributed by atoms with Gasteiger partial charge in [-0.15, -0.1) is 0 Å². The molecule has 0 spiro atoms. The first-order valence-corrected chi connectivity index (χ1v) is 21.1. The Hall–Kier alpha value is -1.24. The molecule has 6 saturated heterocycles. The molecule has 6 heterocycles. The molecule has 6 aliphatic rings. The minimum absolute atomic E-state index is 0.835. The van der Waals surface area contributed by atoms with Gasteiger partial charge in [-0.2, -0.15) is 0 Å². The van der Waals surface area contributed by atoms with Gasteiger partial charge in [-0.1, -0.05) is 0 Å². The molecule has 0 bridgehead atoms. The molecule has 0 unspecified atom stereocenters. The van der Waals surface area contributed by atoms with E-state index in [2.05, 4.69) is 0 Å². The van der Waals surface area contributed by atoms with Gasteiger partial charge in [-0.05, 0) is 0 Å². The van der Waals surface area contributed by atoms with Crippen LogP contribution in [0.2, 0.25) is 0 Å². The summed E-state index contributed by atoms with van der Waals surface area (Å²) in [5, 5.41) is 209. The summed E-state index contributed by atoms with van der Waals surface area (Å²) in [6, 6.07) is 0. The lowest BCUT2D eigenvalue weighted by Crippen LogP contribution is -2.67. The standard InChI is InChI=1S/C36H62O31/c37-1-7-13(42)15(44)22(51)33(59-7)65-29-11(5-41)62-35(25(54)19(29)48)66-28-10(4-40)61-32(24(53)18(28)47)57-6-12-30(67-34-23(52)16(45)14(43)8(2-38)60-34)20(49)26(55)36(63-12)64-27-9(3-39)58-31(56)21(50)17(27)46/h7-56H,1-6H2/t7-,8-,9-,10-,11-,12-,13-,14-,15+,16+,17-,18-,19-,20-,21-,22-,23-,24-,25-,26-,27-,28-,29-,30-,31+,32+,33-,34-,35-,36-/m1/s1. The van der Waals surface area contributed by atoms with Gasteiger partial charge in [0, 0.05) is 0 Å². The molecule has 0 aromatic carbocycles. The number of aliphatic hydroxyl groups is 20. The highest BCUT2D eigenvalue weighted by Gasteiger charge is 2.56. The molecular formula is C36H62O31. The van der Waals surface area contributed by atoms with Crippen LogP contribution in [0, 0.1) is 0 Å². The number of ether oxygens (including phenoxy) is 11. The van der Waals surface area contributed by atoms with Crippen LogP contribution < -0.4 is 0 Å². The third-order valence-corrected chi connectivity index (χ3v) is 12.4. The van der Waals surface area contributed by atoms with Crippen LogP contribution in [-0.2, 0) is 52.1 Å². The number of rotatable bonds is 16. The highest BCUT2D eigenvalue weighted by atomic mass is 16.8. The van der Waals surface area contributed by atoms with Crippen molar-refractivity contribution in [3.05, 3.63) is 0 Å². The second kappa shape index (κ2) is 23.5. The van der Waals surface area contributed by atoms with Crippen LogP contribution in [-0.4, -0.2) is 326 Å². The SMILES string of the molecule is OC[C@H]1O[C@H](O[C@H]2[C@H](O)[C@@H](O)[C@@H](O[C@H]3[C@H](O)[C@@H](O)[C@@H](O)O[C@@H]3CO)O[C@@H]2CO[C@H]2O[C@H](CO)[C@@H](O[C@H]3O[C@H](CO)[C@@H](O[C@H]4O[C@H](CO)[C@@H](O)[C@H](O)[C@H]4O)[C@H](O)[C@H]3O)[C@H](O)[C@H]2O)[C@H](O)[C@@H](O)[C@@H]1O. The first-order chi connectivity index (χ1) is 31.7. The number of hydrogen-bond acceptors (Lipinski definition) is 31. The maximum Gasteiger partial charge on any atom is 0.187 e. The molecular weight excluding hydrogens is 928 g/mol. The van der Waals surface area contributed by atoms with Crippen LogP contribution in [0.15, 0.2) is 0 Å². The third-order valence-electron chi connectivity index (χ3n) is 12.4. The zero-order valence-electron chi connectivity index (χ0n) is 35.0. The molecule has 67 heavy (non-hydrogen) atoms. The summed E-state index contributed by atoms with van der Waals surface area (Å²) >= 11 is 0. The Morgan fingerprint density at radius 3 is 0.896 bits per heavy atom. The molecule has 0 radical (unpaired) electrons. The predicted octanol–water partition coefficient (Wildman–Crippen LogP) is -14.1. The average molecular weight is 991 g/mol. The molecule has 392 valence electrons. The smallest absolute Gasteiger partial charge is 0.187 e. The van der Waals surface area contributed by atoms with Crippen molar-refractivity contribution in [3.63, 3.8) is 0 Å². The lowest BCUT2D eigenvalue weighted by Gasteiger charge is -2.49. The summed E-state index contributed by atoms with van der Waals surface area (Å²) in [5.74, 6) is 0. The van der Waals surface area contributed by atoms with Crippen molar-refractivity contribution in [2.24, 2.45) is 0 Å². The first kappa shape index (κ1) is 55.1. The normalized spacial score (nSPS) is 53.4. The van der Waals surface area contributed by atoms with Crippen LogP contribution in [0.25, 0.3) is 0 Å². The van der Waals surface area contributed by atoms with Gasteiger partial charge in [-0.25, -0.2) is 0 Å². The Morgan fingerprint density at radius 1 is 0.254 bits per heavy atom. The zero-order valence-corrected chi connectivity index (χ0v) is 35.0. The van der Waals surface area contributed by atoms with Gasteiger partial charge in [-0.3, -0.25) is 0 Å². The highest BCUT2D eigenvalue weighted by Crippen LogP contribution is 2.36. The van der Waals surface area contributed by atoms with Crippen LogP contribution in [0.1, 0.15) is 0 Å². The van der Waals surface area contributed by atoms with Crippen molar-refractivity contribution in [2.75, 3.05) is 39.6 Å². The van der Waals surface area contributed by atoms with E-state index in [0.717, 1.165) is 0 Å². The van der Waals surface area contributed by atoms with Crippen LogP contribution in [0.3, 0.4) is 0 Å². The molecule has 0 aromatic heterocycles. The Kier molecular flexibility index (Phi) is 19.4. The molecule has 0 amide bonds. The minimum atomic E-state index is -2.17. The first-order valence-electron chi connectivity index (χ1n) is 21.1. The van der Waals surface area contributed by atoms with E-state index in [9.17, 15) is 102 Å². The quantitative estimate of drug-likeness (QED) is 0.0683. The van der Waals surface area contributed by atoms with Gasteiger partial charge < -0.3 is 154 Å². The van der Waals surface area contributed by atoms with E-state index in [1.165, 1.54) is 0 Å². The van der Waals surface area contributed by atoms with Crippen LogP contribution >= 0.6 is 0 Å². The summed E-state index contributed by atoms with van der Waals surface area (Å²) in [6.07, 6.45) is -57.0. The fourth-order valence-corrected chi connectivity index (χ4v) is 8.42. The van der Waals surface area contributed by atoms with Crippen LogP contribution in [0.5, 0.6) is 0 Å². The Morgan fingerprint density at radius 2 is 0.522 bits per heavy atom. The summed E-state index contributed by atoms with van der Waals surface area (Å²) < 4.78 is 61.0. The maximum atomic E-state index is 11.4. The Bertz CT molecular complexity index is 1500. The van der Waals surface area contributed by atoms with Crippen molar-refractivity contribution in [3.8, 4) is 0 Å². The van der Waals surface area contributed by atoms with Gasteiger partial charge >= 0.3 is 0 Å². The molecule has 31 nitrogen and oxygen atoms in total. The zero-order chi connectivity index (χ0) is 49.3. The Balaban J connectivity index is 1.16. The molecule has 0 saturated carbocycles. The van der Waals surface area contributed by atoms with Gasteiger partial charge in [0.2, 0.25) is 0 Å². The van der Waals surface area contributed by atoms with Crippen molar-refractivity contribution in [1.82, 2.24) is 0 Å². The fraction of sp³-hybridized carbons (Fsp3) is 1.00. The lowest BCUT2D eigenvalue weighted by atomic mass is 9.95. The molecule has 6 fully saturated rings. The largest absolute Gasteiger partial charge is 0.394 e. The van der Waals surface area contributed by atoms with E-state index in [1.807, 2.05) is 0 Å².